The number of hydrogen-bond acceptors (Lipinski definition) is 0. The number of aryl methyl sites for hydroxylation is 1. The van der Waals surface area contributed by atoms with Crippen molar-refractivity contribution < 1.29 is 0 Å². The first-order chi connectivity index (χ1) is 6.36. The van der Waals surface area contributed by atoms with Crippen molar-refractivity contribution in [3.8, 4) is 0 Å². The normalized spacial score (nSPS) is 20.8. The predicted molar refractivity (Wildman–Crippen MR) is 55.0 cm³/mol. The summed E-state index contributed by atoms with van der Waals surface area (Å²) < 4.78 is 0. The van der Waals surface area contributed by atoms with Crippen molar-refractivity contribution in [3.05, 3.63) is 35.5 Å². The minimum atomic E-state index is 0.724. The molecule has 0 bridgehead atoms. The second kappa shape index (κ2) is 2.38. The van der Waals surface area contributed by atoms with Gasteiger partial charge in [-0.3, -0.25) is 0 Å². The molecule has 1 heterocycles. The number of H-pyrrole nitrogens is 1. The van der Waals surface area contributed by atoms with E-state index in [-0.39, 0.29) is 0 Å². The van der Waals surface area contributed by atoms with E-state index in [1.807, 2.05) is 0 Å². The fraction of sp³-hybridized carbons (Fsp3) is 0.333. The summed E-state index contributed by atoms with van der Waals surface area (Å²) in [5.74, 6) is 0.724. The fourth-order valence-corrected chi connectivity index (χ4v) is 2.42. The van der Waals surface area contributed by atoms with E-state index in [9.17, 15) is 0 Å². The molecular weight excluding hydrogens is 158 g/mol. The van der Waals surface area contributed by atoms with Crippen LogP contribution in [-0.2, 0) is 6.42 Å². The summed E-state index contributed by atoms with van der Waals surface area (Å²) in [6, 6.07) is 8.61. The SMILES string of the molecule is CC1CCc2c1[nH]c1ccccc21. The van der Waals surface area contributed by atoms with Gasteiger partial charge in [0.15, 0.2) is 0 Å². The smallest absolute Gasteiger partial charge is 0.0459 e. The molecule has 0 saturated carbocycles. The van der Waals surface area contributed by atoms with Crippen LogP contribution in [0.3, 0.4) is 0 Å². The van der Waals surface area contributed by atoms with Gasteiger partial charge in [0, 0.05) is 16.6 Å². The predicted octanol–water partition coefficient (Wildman–Crippen LogP) is 3.22. The van der Waals surface area contributed by atoms with Gasteiger partial charge in [0.25, 0.3) is 0 Å². The lowest BCUT2D eigenvalue weighted by Gasteiger charge is -1.98. The molecule has 0 radical (unpaired) electrons. The first-order valence-electron chi connectivity index (χ1n) is 4.96. The molecule has 2 aromatic rings. The number of para-hydroxylation sites is 1. The highest BCUT2D eigenvalue weighted by atomic mass is 14.7. The molecule has 1 heteroatoms. The second-order valence-corrected chi connectivity index (χ2v) is 4.00. The first-order valence-corrected chi connectivity index (χ1v) is 4.96. The Balaban J connectivity index is 2.38. The molecule has 0 spiro atoms. The molecule has 1 aliphatic carbocycles. The third-order valence-electron chi connectivity index (χ3n) is 3.17. The van der Waals surface area contributed by atoms with Crippen molar-refractivity contribution in [2.24, 2.45) is 0 Å². The molecule has 1 atom stereocenters. The molecule has 1 unspecified atom stereocenters. The number of hydrogen-bond donors (Lipinski definition) is 1. The Kier molecular flexibility index (Phi) is 1.32. The number of nitrogens with one attached hydrogen (secondary N) is 1. The van der Waals surface area contributed by atoms with Crippen molar-refractivity contribution in [2.75, 3.05) is 0 Å². The zero-order chi connectivity index (χ0) is 8.84. The maximum Gasteiger partial charge on any atom is 0.0459 e. The summed E-state index contributed by atoms with van der Waals surface area (Å²) in [6.07, 6.45) is 2.56. The highest BCUT2D eigenvalue weighted by Gasteiger charge is 2.22. The lowest BCUT2D eigenvalue weighted by atomic mass is 10.1. The molecule has 13 heavy (non-hydrogen) atoms. The Bertz CT molecular complexity index is 453. The van der Waals surface area contributed by atoms with E-state index < -0.39 is 0 Å². The van der Waals surface area contributed by atoms with Crippen LogP contribution in [0.15, 0.2) is 24.3 Å². The Hall–Kier alpha value is -1.24. The monoisotopic (exact) mass is 171 g/mol. The minimum absolute atomic E-state index is 0.724. The topological polar surface area (TPSA) is 15.8 Å². The maximum atomic E-state index is 3.53. The Labute approximate surface area is 77.8 Å². The van der Waals surface area contributed by atoms with Gasteiger partial charge in [0.2, 0.25) is 0 Å². The summed E-state index contributed by atoms with van der Waals surface area (Å²) in [4.78, 5) is 3.53. The number of aromatic amines is 1. The number of benzene rings is 1. The van der Waals surface area contributed by atoms with Crippen LogP contribution in [0.25, 0.3) is 10.9 Å². The van der Waals surface area contributed by atoms with Crippen molar-refractivity contribution >= 4 is 10.9 Å². The zero-order valence-electron chi connectivity index (χ0n) is 7.80. The lowest BCUT2D eigenvalue weighted by molar-refractivity contribution is 0.732. The van der Waals surface area contributed by atoms with Gasteiger partial charge in [-0.2, -0.15) is 0 Å². The lowest BCUT2D eigenvalue weighted by Crippen LogP contribution is -1.85. The summed E-state index contributed by atoms with van der Waals surface area (Å²) in [5, 5.41) is 1.43. The highest BCUT2D eigenvalue weighted by Crippen LogP contribution is 2.36. The van der Waals surface area contributed by atoms with Crippen LogP contribution in [0.1, 0.15) is 30.5 Å². The minimum Gasteiger partial charge on any atom is -0.358 e. The molecule has 0 aliphatic heterocycles. The number of rotatable bonds is 0. The van der Waals surface area contributed by atoms with E-state index in [2.05, 4.69) is 36.2 Å². The molecule has 1 aromatic heterocycles. The van der Waals surface area contributed by atoms with Crippen molar-refractivity contribution in [1.82, 2.24) is 4.98 Å². The van der Waals surface area contributed by atoms with Gasteiger partial charge in [-0.05, 0) is 30.4 Å². The van der Waals surface area contributed by atoms with Crippen molar-refractivity contribution in [2.45, 2.75) is 25.7 Å². The van der Waals surface area contributed by atoms with E-state index in [4.69, 9.17) is 0 Å². The van der Waals surface area contributed by atoms with Crippen LogP contribution in [0.2, 0.25) is 0 Å². The summed E-state index contributed by atoms with van der Waals surface area (Å²) in [7, 11) is 0. The van der Waals surface area contributed by atoms with Gasteiger partial charge in [-0.1, -0.05) is 25.1 Å². The highest BCUT2D eigenvalue weighted by molar-refractivity contribution is 5.85. The molecule has 66 valence electrons. The van der Waals surface area contributed by atoms with Crippen molar-refractivity contribution in [3.63, 3.8) is 0 Å². The van der Waals surface area contributed by atoms with Crippen LogP contribution in [0, 0.1) is 0 Å². The van der Waals surface area contributed by atoms with Gasteiger partial charge < -0.3 is 4.98 Å². The van der Waals surface area contributed by atoms with Crippen LogP contribution in [0.4, 0.5) is 0 Å². The van der Waals surface area contributed by atoms with Gasteiger partial charge >= 0.3 is 0 Å². The molecule has 0 saturated heterocycles. The summed E-state index contributed by atoms with van der Waals surface area (Å²) in [5.41, 5.74) is 4.34. The largest absolute Gasteiger partial charge is 0.358 e. The average Bonchev–Trinajstić information content (AvgIpc) is 2.67. The molecular formula is C12H13N. The summed E-state index contributed by atoms with van der Waals surface area (Å²) >= 11 is 0. The van der Waals surface area contributed by atoms with Gasteiger partial charge in [-0.25, -0.2) is 0 Å². The Morgan fingerprint density at radius 1 is 1.31 bits per heavy atom. The van der Waals surface area contributed by atoms with Crippen LogP contribution in [0.5, 0.6) is 0 Å². The van der Waals surface area contributed by atoms with E-state index in [0.717, 1.165) is 5.92 Å². The molecule has 1 N–H and O–H groups in total. The Morgan fingerprint density at radius 3 is 3.08 bits per heavy atom. The van der Waals surface area contributed by atoms with Gasteiger partial charge in [0.1, 0.15) is 0 Å². The fourth-order valence-electron chi connectivity index (χ4n) is 2.42. The van der Waals surface area contributed by atoms with E-state index in [1.165, 1.54) is 29.4 Å². The molecule has 0 fully saturated rings. The first kappa shape index (κ1) is 7.19. The molecule has 1 nitrogen and oxygen atoms in total. The average molecular weight is 171 g/mol. The van der Waals surface area contributed by atoms with E-state index >= 15 is 0 Å². The number of fused-ring (bicyclic) bond motifs is 3. The molecule has 1 aliphatic rings. The van der Waals surface area contributed by atoms with E-state index in [0.29, 0.717) is 0 Å². The summed E-state index contributed by atoms with van der Waals surface area (Å²) in [6.45, 7) is 2.31. The number of aromatic nitrogens is 1. The van der Waals surface area contributed by atoms with Crippen molar-refractivity contribution in [1.29, 1.82) is 0 Å². The molecule has 1 aromatic carbocycles. The molecule has 0 amide bonds. The van der Waals surface area contributed by atoms with Crippen LogP contribution < -0.4 is 0 Å². The van der Waals surface area contributed by atoms with Crippen LogP contribution >= 0.6 is 0 Å². The third-order valence-corrected chi connectivity index (χ3v) is 3.17. The Morgan fingerprint density at radius 2 is 2.15 bits per heavy atom. The quantitative estimate of drug-likeness (QED) is 0.626. The third kappa shape index (κ3) is 0.873. The second-order valence-electron chi connectivity index (χ2n) is 4.00. The maximum absolute atomic E-state index is 3.53. The van der Waals surface area contributed by atoms with Crippen LogP contribution in [-0.4, -0.2) is 4.98 Å². The van der Waals surface area contributed by atoms with Gasteiger partial charge in [0.05, 0.1) is 0 Å². The molecule has 3 rings (SSSR count). The zero-order valence-corrected chi connectivity index (χ0v) is 7.80. The van der Waals surface area contributed by atoms with Gasteiger partial charge in [-0.15, -0.1) is 0 Å². The van der Waals surface area contributed by atoms with E-state index in [1.54, 1.807) is 5.56 Å². The standard InChI is InChI=1S/C12H13N/c1-8-6-7-10-9-4-2-3-5-11(9)13-12(8)10/h2-5,8,13H,6-7H2,1H3.